The Morgan fingerprint density at radius 2 is 2.06 bits per heavy atom. The molecule has 2 N–H and O–H groups in total. The maximum atomic E-state index is 13.7. The van der Waals surface area contributed by atoms with Gasteiger partial charge in [-0.25, -0.2) is 4.39 Å². The molecule has 90 valence electrons. The molecule has 1 aromatic carbocycles. The highest BCUT2D eigenvalue weighted by atomic mass is 19.1. The van der Waals surface area contributed by atoms with Crippen molar-refractivity contribution in [2.45, 2.75) is 45.8 Å². The van der Waals surface area contributed by atoms with E-state index in [1.165, 1.54) is 6.07 Å². The number of para-hydroxylation sites is 1. The van der Waals surface area contributed by atoms with Gasteiger partial charge in [0.2, 0.25) is 0 Å². The zero-order chi connectivity index (χ0) is 12.3. The van der Waals surface area contributed by atoms with E-state index in [1.807, 2.05) is 27.7 Å². The summed E-state index contributed by atoms with van der Waals surface area (Å²) in [5.41, 5.74) is 6.12. The van der Waals surface area contributed by atoms with Gasteiger partial charge in [-0.1, -0.05) is 19.1 Å². The molecule has 0 saturated heterocycles. The minimum Gasteiger partial charge on any atom is -0.484 e. The first kappa shape index (κ1) is 13.0. The fraction of sp³-hybridized carbons (Fsp3) is 0.538. The number of benzene rings is 1. The van der Waals surface area contributed by atoms with Crippen molar-refractivity contribution in [3.8, 4) is 5.75 Å². The monoisotopic (exact) mass is 225 g/mol. The Morgan fingerprint density at radius 1 is 1.44 bits per heavy atom. The quantitative estimate of drug-likeness (QED) is 0.852. The van der Waals surface area contributed by atoms with E-state index in [4.69, 9.17) is 10.5 Å². The van der Waals surface area contributed by atoms with Gasteiger partial charge in [-0.3, -0.25) is 0 Å². The van der Waals surface area contributed by atoms with Crippen molar-refractivity contribution in [1.82, 2.24) is 0 Å². The van der Waals surface area contributed by atoms with Gasteiger partial charge in [0.05, 0.1) is 0 Å². The summed E-state index contributed by atoms with van der Waals surface area (Å²) in [6.45, 7) is 7.70. The van der Waals surface area contributed by atoms with E-state index in [-0.39, 0.29) is 23.2 Å². The fourth-order valence-corrected chi connectivity index (χ4v) is 1.34. The SMILES string of the molecule is CCC(C)(C)Oc1c(F)cccc1[C@@H](C)N. The van der Waals surface area contributed by atoms with Gasteiger partial charge in [0.15, 0.2) is 11.6 Å². The lowest BCUT2D eigenvalue weighted by Gasteiger charge is -2.27. The Labute approximate surface area is 96.6 Å². The predicted octanol–water partition coefficient (Wildman–Crippen LogP) is 3.41. The van der Waals surface area contributed by atoms with E-state index in [9.17, 15) is 4.39 Å². The maximum Gasteiger partial charge on any atom is 0.165 e. The van der Waals surface area contributed by atoms with Crippen LogP contribution in [0.3, 0.4) is 0 Å². The van der Waals surface area contributed by atoms with Crippen LogP contribution in [0.5, 0.6) is 5.75 Å². The minimum absolute atomic E-state index is 0.238. The summed E-state index contributed by atoms with van der Waals surface area (Å²) in [5.74, 6) is -0.0688. The van der Waals surface area contributed by atoms with Gasteiger partial charge in [0, 0.05) is 11.6 Å². The fourth-order valence-electron chi connectivity index (χ4n) is 1.34. The lowest BCUT2D eigenvalue weighted by atomic mass is 10.0. The third-order valence-corrected chi connectivity index (χ3v) is 2.72. The molecule has 1 rings (SSSR count). The molecule has 1 atom stereocenters. The molecule has 0 aliphatic heterocycles. The Balaban J connectivity index is 3.11. The number of ether oxygens (including phenoxy) is 1. The number of hydrogen-bond donors (Lipinski definition) is 1. The van der Waals surface area contributed by atoms with Gasteiger partial charge in [0.1, 0.15) is 5.60 Å². The molecular weight excluding hydrogens is 205 g/mol. The van der Waals surface area contributed by atoms with Crippen LogP contribution in [-0.4, -0.2) is 5.60 Å². The second-order valence-electron chi connectivity index (χ2n) is 4.66. The summed E-state index contributed by atoms with van der Waals surface area (Å²) in [4.78, 5) is 0. The van der Waals surface area contributed by atoms with Gasteiger partial charge >= 0.3 is 0 Å². The molecule has 0 radical (unpaired) electrons. The van der Waals surface area contributed by atoms with E-state index in [2.05, 4.69) is 0 Å². The number of nitrogens with two attached hydrogens (primary N) is 1. The van der Waals surface area contributed by atoms with Crippen molar-refractivity contribution < 1.29 is 9.13 Å². The summed E-state index contributed by atoms with van der Waals surface area (Å²) in [7, 11) is 0. The average Bonchev–Trinajstić information content (AvgIpc) is 2.20. The first-order valence-corrected chi connectivity index (χ1v) is 5.60. The van der Waals surface area contributed by atoms with E-state index in [1.54, 1.807) is 12.1 Å². The highest BCUT2D eigenvalue weighted by molar-refractivity contribution is 5.37. The average molecular weight is 225 g/mol. The van der Waals surface area contributed by atoms with Crippen LogP contribution in [0.4, 0.5) is 4.39 Å². The molecule has 16 heavy (non-hydrogen) atoms. The van der Waals surface area contributed by atoms with E-state index in [0.29, 0.717) is 5.56 Å². The molecule has 0 spiro atoms. The Morgan fingerprint density at radius 3 is 2.56 bits per heavy atom. The summed E-state index contributed by atoms with van der Waals surface area (Å²) in [6.07, 6.45) is 0.805. The molecule has 0 fully saturated rings. The van der Waals surface area contributed by atoms with Crippen LogP contribution in [0.25, 0.3) is 0 Å². The zero-order valence-corrected chi connectivity index (χ0v) is 10.4. The second kappa shape index (κ2) is 4.83. The lowest BCUT2D eigenvalue weighted by molar-refractivity contribution is 0.0976. The topological polar surface area (TPSA) is 35.2 Å². The number of rotatable bonds is 4. The van der Waals surface area contributed by atoms with Gasteiger partial charge in [-0.2, -0.15) is 0 Å². The Kier molecular flexibility index (Phi) is 3.92. The van der Waals surface area contributed by atoms with Crippen LogP contribution < -0.4 is 10.5 Å². The lowest BCUT2D eigenvalue weighted by Crippen LogP contribution is -2.28. The zero-order valence-electron chi connectivity index (χ0n) is 10.4. The highest BCUT2D eigenvalue weighted by Crippen LogP contribution is 2.31. The normalized spacial score (nSPS) is 13.6. The largest absolute Gasteiger partial charge is 0.484 e. The smallest absolute Gasteiger partial charge is 0.165 e. The standard InChI is InChI=1S/C13H20FNO/c1-5-13(3,4)16-12-10(9(2)15)7-6-8-11(12)14/h6-9H,5,15H2,1-4H3/t9-/m1/s1. The molecule has 1 aromatic rings. The minimum atomic E-state index is -0.383. The first-order chi connectivity index (χ1) is 7.37. The van der Waals surface area contributed by atoms with Gasteiger partial charge in [-0.05, 0) is 33.3 Å². The molecular formula is C13H20FNO. The van der Waals surface area contributed by atoms with Crippen molar-refractivity contribution in [2.24, 2.45) is 5.73 Å². The molecule has 0 bridgehead atoms. The molecule has 3 heteroatoms. The van der Waals surface area contributed by atoms with Gasteiger partial charge < -0.3 is 10.5 Å². The third-order valence-electron chi connectivity index (χ3n) is 2.72. The Hall–Kier alpha value is -1.09. The molecule has 0 aromatic heterocycles. The van der Waals surface area contributed by atoms with Crippen LogP contribution >= 0.6 is 0 Å². The molecule has 2 nitrogen and oxygen atoms in total. The van der Waals surface area contributed by atoms with Crippen LogP contribution in [0, 0.1) is 5.82 Å². The molecule has 0 heterocycles. The van der Waals surface area contributed by atoms with E-state index >= 15 is 0 Å². The third kappa shape index (κ3) is 2.95. The second-order valence-corrected chi connectivity index (χ2v) is 4.66. The summed E-state index contributed by atoms with van der Waals surface area (Å²) in [5, 5.41) is 0. The molecule has 0 amide bonds. The highest BCUT2D eigenvalue weighted by Gasteiger charge is 2.22. The van der Waals surface area contributed by atoms with Crippen molar-refractivity contribution in [3.05, 3.63) is 29.6 Å². The van der Waals surface area contributed by atoms with Crippen LogP contribution in [0.15, 0.2) is 18.2 Å². The van der Waals surface area contributed by atoms with Crippen molar-refractivity contribution in [1.29, 1.82) is 0 Å². The van der Waals surface area contributed by atoms with Crippen LogP contribution in [-0.2, 0) is 0 Å². The maximum absolute atomic E-state index is 13.7. The summed E-state index contributed by atoms with van der Waals surface area (Å²) >= 11 is 0. The van der Waals surface area contributed by atoms with Gasteiger partial charge in [0.25, 0.3) is 0 Å². The van der Waals surface area contributed by atoms with Crippen molar-refractivity contribution >= 4 is 0 Å². The molecule has 0 aliphatic rings. The van der Waals surface area contributed by atoms with Gasteiger partial charge in [-0.15, -0.1) is 0 Å². The first-order valence-electron chi connectivity index (χ1n) is 5.60. The summed E-state index contributed by atoms with van der Waals surface area (Å²) < 4.78 is 19.4. The number of halogens is 1. The Bertz CT molecular complexity index is 361. The van der Waals surface area contributed by atoms with Crippen LogP contribution in [0.2, 0.25) is 0 Å². The number of hydrogen-bond acceptors (Lipinski definition) is 2. The molecule has 0 aliphatic carbocycles. The van der Waals surface area contributed by atoms with E-state index < -0.39 is 0 Å². The van der Waals surface area contributed by atoms with Crippen molar-refractivity contribution in [3.63, 3.8) is 0 Å². The predicted molar refractivity (Wildman–Crippen MR) is 64.0 cm³/mol. The molecule has 0 unspecified atom stereocenters. The van der Waals surface area contributed by atoms with Crippen LogP contribution in [0.1, 0.15) is 45.7 Å². The van der Waals surface area contributed by atoms with E-state index in [0.717, 1.165) is 6.42 Å². The summed E-state index contributed by atoms with van der Waals surface area (Å²) in [6, 6.07) is 4.61. The van der Waals surface area contributed by atoms with Crippen molar-refractivity contribution in [2.75, 3.05) is 0 Å². The molecule has 0 saturated carbocycles.